The highest BCUT2D eigenvalue weighted by molar-refractivity contribution is 5.95. The lowest BCUT2D eigenvalue weighted by molar-refractivity contribution is 0.0216. The molecule has 1 aromatic carbocycles. The molecule has 0 aliphatic carbocycles. The van der Waals surface area contributed by atoms with E-state index in [9.17, 15) is 15.0 Å². The molecule has 0 aliphatic heterocycles. The molecule has 0 saturated carbocycles. The van der Waals surface area contributed by atoms with Crippen LogP contribution in [0.2, 0.25) is 0 Å². The number of carbonyl (C=O) groups is 1. The molecule has 0 bridgehead atoms. The van der Waals surface area contributed by atoms with Crippen LogP contribution < -0.4 is 5.73 Å². The van der Waals surface area contributed by atoms with E-state index in [4.69, 9.17) is 11.0 Å². The number of benzene rings is 1. The van der Waals surface area contributed by atoms with Crippen LogP contribution in [-0.4, -0.2) is 29.4 Å². The van der Waals surface area contributed by atoms with Crippen LogP contribution in [0, 0.1) is 11.3 Å². The van der Waals surface area contributed by atoms with Gasteiger partial charge in [-0.1, -0.05) is 6.07 Å². The molecule has 6 heteroatoms. The van der Waals surface area contributed by atoms with E-state index in [1.807, 2.05) is 0 Å². The second-order valence-electron chi connectivity index (χ2n) is 3.71. The molecule has 6 nitrogen and oxygen atoms in total. The molecule has 2 unspecified atom stereocenters. The summed E-state index contributed by atoms with van der Waals surface area (Å²) in [5.74, 6) is -0.578. The molecule has 2 atom stereocenters. The summed E-state index contributed by atoms with van der Waals surface area (Å²) in [5, 5.41) is 27.7. The molecule has 18 heavy (non-hydrogen) atoms. The summed E-state index contributed by atoms with van der Waals surface area (Å²) in [4.78, 5) is 11.3. The van der Waals surface area contributed by atoms with Crippen LogP contribution in [0.3, 0.4) is 0 Å². The zero-order valence-electron chi connectivity index (χ0n) is 9.83. The average molecular weight is 250 g/mol. The van der Waals surface area contributed by atoms with Crippen LogP contribution in [0.4, 0.5) is 5.69 Å². The number of aliphatic hydroxyl groups is 2. The number of hydrogen-bond acceptors (Lipinski definition) is 6. The van der Waals surface area contributed by atoms with Gasteiger partial charge in [-0.25, -0.2) is 4.79 Å². The maximum Gasteiger partial charge on any atom is 0.339 e. The first-order valence-corrected chi connectivity index (χ1v) is 5.22. The topological polar surface area (TPSA) is 117 Å². The van der Waals surface area contributed by atoms with Gasteiger partial charge in [-0.15, -0.1) is 0 Å². The molecule has 1 aromatic rings. The van der Waals surface area contributed by atoms with Gasteiger partial charge in [0.1, 0.15) is 6.10 Å². The average Bonchev–Trinajstić information content (AvgIpc) is 2.37. The first-order chi connectivity index (χ1) is 8.51. The lowest BCUT2D eigenvalue weighted by atomic mass is 10.00. The van der Waals surface area contributed by atoms with E-state index in [2.05, 4.69) is 4.74 Å². The highest BCUT2D eigenvalue weighted by Crippen LogP contribution is 2.23. The second kappa shape index (κ2) is 6.00. The lowest BCUT2D eigenvalue weighted by Crippen LogP contribution is -2.18. The maximum atomic E-state index is 11.3. The van der Waals surface area contributed by atoms with E-state index in [-0.39, 0.29) is 17.7 Å². The fourth-order valence-electron chi connectivity index (χ4n) is 1.49. The van der Waals surface area contributed by atoms with E-state index in [1.54, 1.807) is 6.07 Å². The molecular weight excluding hydrogens is 236 g/mol. The van der Waals surface area contributed by atoms with Gasteiger partial charge in [-0.2, -0.15) is 5.26 Å². The number of methoxy groups -OCH3 is 1. The Bertz CT molecular complexity index is 481. The Labute approximate surface area is 104 Å². The summed E-state index contributed by atoms with van der Waals surface area (Å²) in [7, 11) is 1.24. The minimum Gasteiger partial charge on any atom is -0.465 e. The summed E-state index contributed by atoms with van der Waals surface area (Å²) >= 11 is 0. The van der Waals surface area contributed by atoms with Gasteiger partial charge in [0.15, 0.2) is 0 Å². The van der Waals surface area contributed by atoms with E-state index < -0.39 is 18.2 Å². The molecule has 0 aromatic heterocycles. The van der Waals surface area contributed by atoms with Gasteiger partial charge in [-0.3, -0.25) is 0 Å². The SMILES string of the molecule is COC(=O)c1ccc(C(O)C(O)CC#N)cc1N. The number of nitrogens with two attached hydrogens (primary N) is 1. The smallest absolute Gasteiger partial charge is 0.339 e. The minimum atomic E-state index is -1.22. The van der Waals surface area contributed by atoms with Gasteiger partial charge in [0.05, 0.1) is 31.3 Å². The Morgan fingerprint density at radius 3 is 2.72 bits per heavy atom. The Morgan fingerprint density at radius 1 is 1.56 bits per heavy atom. The van der Waals surface area contributed by atoms with Crippen LogP contribution in [0.15, 0.2) is 18.2 Å². The van der Waals surface area contributed by atoms with E-state index >= 15 is 0 Å². The summed E-state index contributed by atoms with van der Waals surface area (Å²) in [6.07, 6.45) is -2.61. The predicted octanol–water partition coefficient (Wildman–Crippen LogP) is 0.363. The Morgan fingerprint density at radius 2 is 2.22 bits per heavy atom. The van der Waals surface area contributed by atoms with E-state index in [0.717, 1.165) is 0 Å². The van der Waals surface area contributed by atoms with E-state index in [0.29, 0.717) is 5.56 Å². The number of nitrogen functional groups attached to an aromatic ring is 1. The van der Waals surface area contributed by atoms with Crippen LogP contribution in [-0.2, 0) is 4.74 Å². The van der Waals surface area contributed by atoms with Crippen molar-refractivity contribution < 1.29 is 19.7 Å². The predicted molar refractivity (Wildman–Crippen MR) is 63.4 cm³/mol. The summed E-state index contributed by atoms with van der Waals surface area (Å²) in [6, 6.07) is 5.98. The van der Waals surface area contributed by atoms with Gasteiger partial charge >= 0.3 is 5.97 Å². The van der Waals surface area contributed by atoms with Crippen molar-refractivity contribution in [1.82, 2.24) is 0 Å². The quantitative estimate of drug-likeness (QED) is 0.525. The zero-order valence-corrected chi connectivity index (χ0v) is 9.83. The van der Waals surface area contributed by atoms with Gasteiger partial charge in [0.2, 0.25) is 0 Å². The first-order valence-electron chi connectivity index (χ1n) is 5.22. The standard InChI is InChI=1S/C12H14N2O4/c1-18-12(17)8-3-2-7(6-9(8)14)11(16)10(15)4-5-13/h2-3,6,10-11,15-16H,4,14H2,1H3. The molecule has 0 heterocycles. The third-order valence-electron chi connectivity index (χ3n) is 2.49. The second-order valence-corrected chi connectivity index (χ2v) is 3.71. The summed E-state index contributed by atoms with van der Waals surface area (Å²) < 4.78 is 4.53. The van der Waals surface area contributed by atoms with Crippen molar-refractivity contribution in [2.75, 3.05) is 12.8 Å². The normalized spacial score (nSPS) is 13.4. The summed E-state index contributed by atoms with van der Waals surface area (Å²) in [5.41, 5.74) is 6.31. The fourth-order valence-corrected chi connectivity index (χ4v) is 1.49. The van der Waals surface area contributed by atoms with Crippen LogP contribution in [0.1, 0.15) is 28.4 Å². The van der Waals surface area contributed by atoms with Crippen LogP contribution in [0.25, 0.3) is 0 Å². The molecule has 0 amide bonds. The molecule has 0 aliphatic rings. The third kappa shape index (κ3) is 2.97. The largest absolute Gasteiger partial charge is 0.465 e. The van der Waals surface area contributed by atoms with Gasteiger partial charge < -0.3 is 20.7 Å². The molecule has 0 saturated heterocycles. The van der Waals surface area contributed by atoms with Crippen LogP contribution >= 0.6 is 0 Å². The molecule has 0 radical (unpaired) electrons. The molecule has 0 fully saturated rings. The zero-order chi connectivity index (χ0) is 13.7. The molecule has 96 valence electrons. The lowest BCUT2D eigenvalue weighted by Gasteiger charge is -2.16. The third-order valence-corrected chi connectivity index (χ3v) is 2.49. The maximum absolute atomic E-state index is 11.3. The Balaban J connectivity index is 2.97. The number of aliphatic hydroxyl groups excluding tert-OH is 2. The van der Waals surface area contributed by atoms with Crippen molar-refractivity contribution in [3.8, 4) is 6.07 Å². The van der Waals surface area contributed by atoms with Crippen molar-refractivity contribution >= 4 is 11.7 Å². The number of anilines is 1. The highest BCUT2D eigenvalue weighted by atomic mass is 16.5. The van der Waals surface area contributed by atoms with E-state index in [1.165, 1.54) is 25.3 Å². The van der Waals surface area contributed by atoms with Gasteiger partial charge in [-0.05, 0) is 17.7 Å². The van der Waals surface area contributed by atoms with Crippen molar-refractivity contribution in [2.24, 2.45) is 0 Å². The monoisotopic (exact) mass is 250 g/mol. The molecule has 4 N–H and O–H groups in total. The number of nitrogens with zero attached hydrogens (tertiary/aromatic N) is 1. The number of carbonyl (C=O) groups excluding carboxylic acids is 1. The Kier molecular flexibility index (Phi) is 4.66. The summed E-state index contributed by atoms with van der Waals surface area (Å²) in [6.45, 7) is 0. The number of esters is 1. The first kappa shape index (κ1) is 14.0. The molecule has 0 spiro atoms. The minimum absolute atomic E-state index is 0.141. The number of hydrogen-bond donors (Lipinski definition) is 3. The Hall–Kier alpha value is -2.10. The highest BCUT2D eigenvalue weighted by Gasteiger charge is 2.20. The van der Waals surface area contributed by atoms with Crippen molar-refractivity contribution in [3.05, 3.63) is 29.3 Å². The van der Waals surface area contributed by atoms with Crippen molar-refractivity contribution in [2.45, 2.75) is 18.6 Å². The van der Waals surface area contributed by atoms with Gasteiger partial charge in [0.25, 0.3) is 0 Å². The van der Waals surface area contributed by atoms with Crippen molar-refractivity contribution in [3.63, 3.8) is 0 Å². The number of rotatable bonds is 4. The van der Waals surface area contributed by atoms with Gasteiger partial charge in [0, 0.05) is 5.69 Å². The van der Waals surface area contributed by atoms with Crippen LogP contribution in [0.5, 0.6) is 0 Å². The van der Waals surface area contributed by atoms with Crippen molar-refractivity contribution in [1.29, 1.82) is 5.26 Å². The number of nitriles is 1. The molecular formula is C12H14N2O4. The fraction of sp³-hybridized carbons (Fsp3) is 0.333. The molecule has 1 rings (SSSR count). The number of ether oxygens (including phenoxy) is 1.